The molecule has 0 fully saturated rings. The van der Waals surface area contributed by atoms with Gasteiger partial charge in [-0.3, -0.25) is 4.79 Å². The summed E-state index contributed by atoms with van der Waals surface area (Å²) in [5.74, 6) is -2.53. The lowest BCUT2D eigenvalue weighted by molar-refractivity contribution is -0.152. The van der Waals surface area contributed by atoms with Gasteiger partial charge >= 0.3 is 5.97 Å². The van der Waals surface area contributed by atoms with Crippen LogP contribution in [0.1, 0.15) is 31.0 Å². The summed E-state index contributed by atoms with van der Waals surface area (Å²) < 4.78 is 31.9. The van der Waals surface area contributed by atoms with Crippen LogP contribution in [0.15, 0.2) is 12.1 Å². The van der Waals surface area contributed by atoms with E-state index < -0.39 is 29.1 Å². The first-order chi connectivity index (χ1) is 8.23. The minimum atomic E-state index is -1.14. The number of ether oxygens (including phenoxy) is 1. The number of aryl methyl sites for hydroxylation is 1. The fourth-order valence-corrected chi connectivity index (χ4v) is 1.68. The van der Waals surface area contributed by atoms with Crippen LogP contribution in [0.5, 0.6) is 0 Å². The Morgan fingerprint density at radius 2 is 1.89 bits per heavy atom. The van der Waals surface area contributed by atoms with Crippen LogP contribution in [0.3, 0.4) is 0 Å². The molecule has 100 valence electrons. The lowest BCUT2D eigenvalue weighted by atomic mass is 9.80. The van der Waals surface area contributed by atoms with E-state index in [-0.39, 0.29) is 11.1 Å². The zero-order valence-corrected chi connectivity index (χ0v) is 10.9. The zero-order chi connectivity index (χ0) is 14.1. The van der Waals surface area contributed by atoms with Gasteiger partial charge in [0, 0.05) is 11.6 Å². The monoisotopic (exact) mass is 257 g/mol. The lowest BCUT2D eigenvalue weighted by Gasteiger charge is -2.29. The Balaban J connectivity index is 3.23. The maximum Gasteiger partial charge on any atom is 0.313 e. The summed E-state index contributed by atoms with van der Waals surface area (Å²) >= 11 is 0. The van der Waals surface area contributed by atoms with Gasteiger partial charge < -0.3 is 10.5 Å². The van der Waals surface area contributed by atoms with E-state index in [0.29, 0.717) is 0 Å². The highest BCUT2D eigenvalue weighted by Gasteiger charge is 2.38. The predicted octanol–water partition coefficient (Wildman–Crippen LogP) is 2.47. The Labute approximate surface area is 105 Å². The van der Waals surface area contributed by atoms with Crippen molar-refractivity contribution in [2.75, 3.05) is 7.11 Å². The molecule has 2 N–H and O–H groups in total. The number of nitrogens with two attached hydrogens (primary N) is 1. The van der Waals surface area contributed by atoms with Crippen molar-refractivity contribution in [1.82, 2.24) is 0 Å². The molecule has 0 unspecified atom stereocenters. The van der Waals surface area contributed by atoms with Gasteiger partial charge in [-0.25, -0.2) is 8.78 Å². The van der Waals surface area contributed by atoms with Gasteiger partial charge in [0.25, 0.3) is 0 Å². The summed E-state index contributed by atoms with van der Waals surface area (Å²) in [6.45, 7) is 4.51. The second-order valence-electron chi connectivity index (χ2n) is 4.79. The molecule has 0 aliphatic heterocycles. The van der Waals surface area contributed by atoms with E-state index in [1.807, 2.05) is 0 Å². The average molecular weight is 257 g/mol. The molecule has 1 aromatic carbocycles. The first-order valence-corrected chi connectivity index (χ1v) is 5.52. The van der Waals surface area contributed by atoms with Gasteiger partial charge in [0.15, 0.2) is 11.6 Å². The molecule has 3 nitrogen and oxygen atoms in total. The van der Waals surface area contributed by atoms with Crippen molar-refractivity contribution in [1.29, 1.82) is 0 Å². The predicted molar refractivity (Wildman–Crippen MR) is 63.8 cm³/mol. The Kier molecular flexibility index (Phi) is 4.06. The average Bonchev–Trinajstić information content (AvgIpc) is 2.34. The molecular weight excluding hydrogens is 240 g/mol. The lowest BCUT2D eigenvalue weighted by Crippen LogP contribution is -2.38. The standard InChI is InChI=1S/C13H17F2NO2/c1-7-5-6-8(10(15)9(7)14)11(16)13(2,3)12(17)18-4/h5-6,11H,16H2,1-4H3/t11-/m0/s1. The summed E-state index contributed by atoms with van der Waals surface area (Å²) in [5.41, 5.74) is 4.88. The summed E-state index contributed by atoms with van der Waals surface area (Å²) in [6, 6.07) is 1.84. The summed E-state index contributed by atoms with van der Waals surface area (Å²) in [4.78, 5) is 11.6. The van der Waals surface area contributed by atoms with Crippen molar-refractivity contribution in [3.8, 4) is 0 Å². The van der Waals surface area contributed by atoms with Crippen LogP contribution < -0.4 is 5.73 Å². The summed E-state index contributed by atoms with van der Waals surface area (Å²) in [5, 5.41) is 0. The highest BCUT2D eigenvalue weighted by molar-refractivity contribution is 5.77. The van der Waals surface area contributed by atoms with E-state index >= 15 is 0 Å². The third-order valence-corrected chi connectivity index (χ3v) is 3.13. The van der Waals surface area contributed by atoms with Gasteiger partial charge in [-0.2, -0.15) is 0 Å². The highest BCUT2D eigenvalue weighted by Crippen LogP contribution is 2.34. The van der Waals surface area contributed by atoms with Crippen molar-refractivity contribution < 1.29 is 18.3 Å². The Bertz CT molecular complexity index is 472. The number of halogens is 2. The fourth-order valence-electron chi connectivity index (χ4n) is 1.68. The van der Waals surface area contributed by atoms with Gasteiger partial charge in [-0.05, 0) is 26.3 Å². The summed E-state index contributed by atoms with van der Waals surface area (Å²) in [6.07, 6.45) is 0. The third kappa shape index (κ3) is 2.36. The molecule has 0 heterocycles. The van der Waals surface area contributed by atoms with E-state index in [0.717, 1.165) is 0 Å². The highest BCUT2D eigenvalue weighted by atomic mass is 19.2. The summed E-state index contributed by atoms with van der Waals surface area (Å²) in [7, 11) is 1.23. The maximum absolute atomic E-state index is 13.8. The molecule has 0 spiro atoms. The van der Waals surface area contributed by atoms with Crippen LogP contribution >= 0.6 is 0 Å². The number of rotatable bonds is 3. The Hall–Kier alpha value is -1.49. The number of benzene rings is 1. The Morgan fingerprint density at radius 1 is 1.33 bits per heavy atom. The van der Waals surface area contributed by atoms with Crippen LogP contribution in [0.4, 0.5) is 8.78 Å². The SMILES string of the molecule is COC(=O)C(C)(C)[C@@H](N)c1ccc(C)c(F)c1F. The first-order valence-electron chi connectivity index (χ1n) is 5.52. The molecule has 0 saturated carbocycles. The van der Waals surface area contributed by atoms with Crippen molar-refractivity contribution in [3.63, 3.8) is 0 Å². The van der Waals surface area contributed by atoms with Gasteiger partial charge in [-0.15, -0.1) is 0 Å². The van der Waals surface area contributed by atoms with Gasteiger partial charge in [0.1, 0.15) is 0 Å². The van der Waals surface area contributed by atoms with Crippen LogP contribution in [-0.4, -0.2) is 13.1 Å². The molecule has 0 radical (unpaired) electrons. The van der Waals surface area contributed by atoms with E-state index in [4.69, 9.17) is 5.73 Å². The molecule has 5 heteroatoms. The van der Waals surface area contributed by atoms with E-state index in [9.17, 15) is 13.6 Å². The molecule has 0 saturated heterocycles. The van der Waals surface area contributed by atoms with Crippen LogP contribution in [0, 0.1) is 24.0 Å². The van der Waals surface area contributed by atoms with Gasteiger partial charge in [-0.1, -0.05) is 12.1 Å². The topological polar surface area (TPSA) is 52.3 Å². The van der Waals surface area contributed by atoms with E-state index in [1.165, 1.54) is 40.0 Å². The van der Waals surface area contributed by atoms with Crippen LogP contribution in [0.25, 0.3) is 0 Å². The van der Waals surface area contributed by atoms with Crippen molar-refractivity contribution in [2.45, 2.75) is 26.8 Å². The smallest absolute Gasteiger partial charge is 0.313 e. The molecule has 1 rings (SSSR count). The minimum Gasteiger partial charge on any atom is -0.469 e. The van der Waals surface area contributed by atoms with Crippen LogP contribution in [-0.2, 0) is 9.53 Å². The molecule has 0 aliphatic carbocycles. The third-order valence-electron chi connectivity index (χ3n) is 3.13. The largest absolute Gasteiger partial charge is 0.469 e. The normalized spacial score (nSPS) is 13.3. The zero-order valence-electron chi connectivity index (χ0n) is 10.9. The minimum absolute atomic E-state index is 0.0338. The number of esters is 1. The number of carbonyl (C=O) groups excluding carboxylic acids is 1. The number of carbonyl (C=O) groups is 1. The molecule has 0 aromatic heterocycles. The molecular formula is C13H17F2NO2. The van der Waals surface area contributed by atoms with Crippen molar-refractivity contribution >= 4 is 5.97 Å². The molecule has 1 atom stereocenters. The second kappa shape index (κ2) is 5.02. The van der Waals surface area contributed by atoms with Gasteiger partial charge in [0.05, 0.1) is 12.5 Å². The molecule has 0 aliphatic rings. The molecule has 0 bridgehead atoms. The number of hydrogen-bond donors (Lipinski definition) is 1. The van der Waals surface area contributed by atoms with E-state index in [2.05, 4.69) is 4.74 Å². The number of hydrogen-bond acceptors (Lipinski definition) is 3. The quantitative estimate of drug-likeness (QED) is 0.846. The maximum atomic E-state index is 13.8. The van der Waals surface area contributed by atoms with E-state index in [1.54, 1.807) is 0 Å². The fraction of sp³-hybridized carbons (Fsp3) is 0.462. The molecule has 0 amide bonds. The Morgan fingerprint density at radius 3 is 2.39 bits per heavy atom. The van der Waals surface area contributed by atoms with Crippen molar-refractivity contribution in [2.24, 2.45) is 11.1 Å². The van der Waals surface area contributed by atoms with Crippen molar-refractivity contribution in [3.05, 3.63) is 34.9 Å². The molecule has 18 heavy (non-hydrogen) atoms. The second-order valence-corrected chi connectivity index (χ2v) is 4.79. The first kappa shape index (κ1) is 14.6. The van der Waals surface area contributed by atoms with Gasteiger partial charge in [0.2, 0.25) is 0 Å². The van der Waals surface area contributed by atoms with Crippen LogP contribution in [0.2, 0.25) is 0 Å². The molecule has 1 aromatic rings. The number of methoxy groups -OCH3 is 1.